The van der Waals surface area contributed by atoms with Gasteiger partial charge in [0.05, 0.1) is 11.4 Å². The van der Waals surface area contributed by atoms with Crippen LogP contribution >= 0.6 is 0 Å². The van der Waals surface area contributed by atoms with Gasteiger partial charge in [-0.05, 0) is 25.0 Å². The topological polar surface area (TPSA) is 47.9 Å². The molecule has 0 atom stereocenters. The van der Waals surface area contributed by atoms with Crippen LogP contribution in [0.25, 0.3) is 0 Å². The number of halogens is 1. The Labute approximate surface area is 112 Å². The van der Waals surface area contributed by atoms with Crippen LogP contribution in [-0.4, -0.2) is 24.6 Å². The maximum atomic E-state index is 14.1. The molecule has 4 nitrogen and oxygen atoms in total. The number of hydrogen-bond acceptors (Lipinski definition) is 3. The molecule has 2 N–H and O–H groups in total. The summed E-state index contributed by atoms with van der Waals surface area (Å²) >= 11 is 0. The smallest absolute Gasteiger partial charge is 0.148 e. The summed E-state index contributed by atoms with van der Waals surface area (Å²) in [7, 11) is 0. The maximum absolute atomic E-state index is 14.1. The second-order valence-corrected chi connectivity index (χ2v) is 4.78. The standard InChI is InChI=1S/C14H20FN3O/c15-13-10-12(16-11-17-19)6-7-14(13)18-8-4-2-1-3-5-9-18/h6-7,10-11,19H,1-5,8-9H2,(H,16,17). The fourth-order valence-electron chi connectivity index (χ4n) is 2.42. The second-order valence-electron chi connectivity index (χ2n) is 4.78. The molecule has 1 heterocycles. The molecule has 0 radical (unpaired) electrons. The quantitative estimate of drug-likeness (QED) is 0.501. The molecule has 1 aliphatic heterocycles. The van der Waals surface area contributed by atoms with E-state index in [0.717, 1.165) is 32.3 Å². The summed E-state index contributed by atoms with van der Waals surface area (Å²) in [5.74, 6) is -0.256. The predicted molar refractivity (Wildman–Crippen MR) is 74.8 cm³/mol. The van der Waals surface area contributed by atoms with Gasteiger partial charge in [0.15, 0.2) is 0 Å². The Morgan fingerprint density at radius 2 is 1.84 bits per heavy atom. The molecule has 0 bridgehead atoms. The van der Waals surface area contributed by atoms with Gasteiger partial charge in [-0.1, -0.05) is 19.3 Å². The van der Waals surface area contributed by atoms with Gasteiger partial charge in [-0.3, -0.25) is 10.7 Å². The minimum Gasteiger partial charge on any atom is -0.369 e. The van der Waals surface area contributed by atoms with Gasteiger partial charge in [-0.15, -0.1) is 0 Å². The molecule has 0 saturated carbocycles. The summed E-state index contributed by atoms with van der Waals surface area (Å²) in [6, 6.07) is 4.91. The van der Waals surface area contributed by atoms with Crippen molar-refractivity contribution in [2.75, 3.05) is 18.0 Å². The number of aliphatic imine (C=N–C) groups is 1. The van der Waals surface area contributed by atoms with Crippen molar-refractivity contribution in [2.24, 2.45) is 4.99 Å². The first kappa shape index (κ1) is 13.8. The van der Waals surface area contributed by atoms with Crippen LogP contribution in [0.3, 0.4) is 0 Å². The Morgan fingerprint density at radius 3 is 2.47 bits per heavy atom. The fraction of sp³-hybridized carbons (Fsp3) is 0.500. The first-order valence-corrected chi connectivity index (χ1v) is 6.78. The van der Waals surface area contributed by atoms with Gasteiger partial charge in [-0.2, -0.15) is 0 Å². The summed E-state index contributed by atoms with van der Waals surface area (Å²) in [4.78, 5) is 5.98. The lowest BCUT2D eigenvalue weighted by Gasteiger charge is -2.27. The Kier molecular flexibility index (Phi) is 5.15. The summed E-state index contributed by atoms with van der Waals surface area (Å²) in [6.45, 7) is 1.83. The third-order valence-electron chi connectivity index (χ3n) is 3.40. The zero-order valence-corrected chi connectivity index (χ0v) is 11.0. The largest absolute Gasteiger partial charge is 0.369 e. The third kappa shape index (κ3) is 3.92. The van der Waals surface area contributed by atoms with Crippen molar-refractivity contribution < 1.29 is 9.60 Å². The van der Waals surface area contributed by atoms with Crippen LogP contribution in [0.2, 0.25) is 0 Å². The van der Waals surface area contributed by atoms with Gasteiger partial charge >= 0.3 is 0 Å². The van der Waals surface area contributed by atoms with E-state index in [0.29, 0.717) is 11.4 Å². The van der Waals surface area contributed by atoms with Crippen LogP contribution in [0, 0.1) is 5.82 Å². The second kappa shape index (κ2) is 7.09. The molecule has 0 aliphatic carbocycles. The van der Waals surface area contributed by atoms with Gasteiger partial charge in [-0.25, -0.2) is 9.38 Å². The number of rotatable bonds is 3. The molecule has 0 spiro atoms. The van der Waals surface area contributed by atoms with Gasteiger partial charge in [0.2, 0.25) is 0 Å². The van der Waals surface area contributed by atoms with Crippen LogP contribution < -0.4 is 10.4 Å². The van der Waals surface area contributed by atoms with E-state index >= 15 is 0 Å². The number of anilines is 1. The highest BCUT2D eigenvalue weighted by atomic mass is 19.1. The molecule has 1 saturated heterocycles. The van der Waals surface area contributed by atoms with Crippen LogP contribution in [0.4, 0.5) is 15.8 Å². The monoisotopic (exact) mass is 265 g/mol. The molecule has 1 aromatic rings. The van der Waals surface area contributed by atoms with Crippen molar-refractivity contribution >= 4 is 17.7 Å². The van der Waals surface area contributed by atoms with Crippen molar-refractivity contribution in [3.63, 3.8) is 0 Å². The van der Waals surface area contributed by atoms with E-state index in [-0.39, 0.29) is 5.82 Å². The van der Waals surface area contributed by atoms with E-state index in [4.69, 9.17) is 5.21 Å². The molecule has 1 aliphatic rings. The Hall–Kier alpha value is -1.62. The zero-order chi connectivity index (χ0) is 13.5. The molecule has 0 unspecified atom stereocenters. The summed E-state index contributed by atoms with van der Waals surface area (Å²) in [5.41, 5.74) is 2.94. The normalized spacial score (nSPS) is 17.3. The molecule has 1 aromatic carbocycles. The van der Waals surface area contributed by atoms with Crippen molar-refractivity contribution in [1.82, 2.24) is 5.48 Å². The van der Waals surface area contributed by atoms with Crippen LogP contribution in [0.1, 0.15) is 32.1 Å². The SMILES string of the molecule is ONC=Nc1ccc(N2CCCCCCC2)c(F)c1. The predicted octanol–water partition coefficient (Wildman–Crippen LogP) is 3.23. The van der Waals surface area contributed by atoms with Crippen molar-refractivity contribution in [2.45, 2.75) is 32.1 Å². The Bertz CT molecular complexity index is 429. The molecule has 0 aromatic heterocycles. The number of hydrogen-bond donors (Lipinski definition) is 2. The lowest BCUT2D eigenvalue weighted by Crippen LogP contribution is -2.27. The molecule has 104 valence electrons. The van der Waals surface area contributed by atoms with E-state index in [2.05, 4.69) is 9.89 Å². The first-order valence-electron chi connectivity index (χ1n) is 6.78. The summed E-state index contributed by atoms with van der Waals surface area (Å²) < 4.78 is 14.1. The van der Waals surface area contributed by atoms with Gasteiger partial charge < -0.3 is 4.90 Å². The third-order valence-corrected chi connectivity index (χ3v) is 3.40. The molecular formula is C14H20FN3O. The molecule has 19 heavy (non-hydrogen) atoms. The zero-order valence-electron chi connectivity index (χ0n) is 11.0. The molecule has 0 amide bonds. The summed E-state index contributed by atoms with van der Waals surface area (Å²) in [6.07, 6.45) is 7.09. The van der Waals surface area contributed by atoms with Crippen molar-refractivity contribution in [1.29, 1.82) is 0 Å². The van der Waals surface area contributed by atoms with Gasteiger partial charge in [0, 0.05) is 19.2 Å². The van der Waals surface area contributed by atoms with E-state index < -0.39 is 0 Å². The number of nitrogens with zero attached hydrogens (tertiary/aromatic N) is 2. The Balaban J connectivity index is 2.12. The lowest BCUT2D eigenvalue weighted by atomic mass is 10.1. The van der Waals surface area contributed by atoms with Crippen LogP contribution in [0.15, 0.2) is 23.2 Å². The minimum absolute atomic E-state index is 0.256. The van der Waals surface area contributed by atoms with Crippen molar-refractivity contribution in [3.8, 4) is 0 Å². The maximum Gasteiger partial charge on any atom is 0.148 e. The number of hydroxylamine groups is 1. The minimum atomic E-state index is -0.256. The molecule has 5 heteroatoms. The molecular weight excluding hydrogens is 245 g/mol. The van der Waals surface area contributed by atoms with Crippen LogP contribution in [0.5, 0.6) is 0 Å². The molecule has 2 rings (SSSR count). The first-order chi connectivity index (χ1) is 9.31. The van der Waals surface area contributed by atoms with Crippen molar-refractivity contribution in [3.05, 3.63) is 24.0 Å². The average Bonchev–Trinajstić information content (AvgIpc) is 2.37. The van der Waals surface area contributed by atoms with E-state index in [1.54, 1.807) is 17.6 Å². The van der Waals surface area contributed by atoms with E-state index in [1.165, 1.54) is 25.3 Å². The average molecular weight is 265 g/mol. The van der Waals surface area contributed by atoms with Gasteiger partial charge in [0.25, 0.3) is 0 Å². The van der Waals surface area contributed by atoms with E-state index in [1.807, 2.05) is 0 Å². The summed E-state index contributed by atoms with van der Waals surface area (Å²) in [5, 5.41) is 8.41. The highest BCUT2D eigenvalue weighted by Crippen LogP contribution is 2.26. The highest BCUT2D eigenvalue weighted by Gasteiger charge is 2.13. The van der Waals surface area contributed by atoms with Gasteiger partial charge in [0.1, 0.15) is 12.2 Å². The fourth-order valence-corrected chi connectivity index (χ4v) is 2.42. The number of benzene rings is 1. The Morgan fingerprint density at radius 1 is 1.16 bits per heavy atom. The number of nitrogens with one attached hydrogen (secondary N) is 1. The van der Waals surface area contributed by atoms with Crippen LogP contribution in [-0.2, 0) is 0 Å². The molecule has 1 fully saturated rings. The highest BCUT2D eigenvalue weighted by molar-refractivity contribution is 5.62. The van der Waals surface area contributed by atoms with E-state index in [9.17, 15) is 4.39 Å². The lowest BCUT2D eigenvalue weighted by molar-refractivity contribution is 0.240.